The van der Waals surface area contributed by atoms with Crippen LogP contribution in [0.3, 0.4) is 0 Å². The first-order chi connectivity index (χ1) is 24.0. The van der Waals surface area contributed by atoms with E-state index >= 15 is 4.79 Å². The fourth-order valence-electron chi connectivity index (χ4n) is 8.60. The lowest BCUT2D eigenvalue weighted by Crippen LogP contribution is -2.53. The van der Waals surface area contributed by atoms with Crippen LogP contribution in [0.15, 0.2) is 112 Å². The summed E-state index contributed by atoms with van der Waals surface area (Å²) in [5.74, 6) is -6.41. The number of rotatable bonds is 5. The Bertz CT molecular complexity index is 2130. The minimum atomic E-state index is -1.60. The summed E-state index contributed by atoms with van der Waals surface area (Å²) in [4.78, 5) is 59.5. The molecule has 12 heteroatoms. The number of halogens is 4. The molecule has 0 aromatic heterocycles. The number of hydrazine groups is 1. The van der Waals surface area contributed by atoms with Crippen LogP contribution in [0.25, 0.3) is 0 Å². The average molecular weight is 820 g/mol. The van der Waals surface area contributed by atoms with E-state index in [1.165, 1.54) is 35.2 Å². The van der Waals surface area contributed by atoms with Crippen LogP contribution >= 0.6 is 43.5 Å². The molecule has 1 saturated carbocycles. The van der Waals surface area contributed by atoms with Crippen molar-refractivity contribution in [2.45, 2.75) is 24.2 Å². The van der Waals surface area contributed by atoms with E-state index in [0.29, 0.717) is 37.6 Å². The number of carbonyl (C=O) groups is 4. The summed E-state index contributed by atoms with van der Waals surface area (Å²) in [6.07, 6.45) is 2.25. The number of allylic oxidation sites excluding steroid dienone is 2. The van der Waals surface area contributed by atoms with Crippen molar-refractivity contribution >= 4 is 78.5 Å². The molecular weight excluding hydrogens is 793 g/mol. The lowest BCUT2D eigenvalue weighted by molar-refractivity contribution is -0.138. The number of amides is 4. The Morgan fingerprint density at radius 1 is 0.820 bits per heavy atom. The minimum Gasteiger partial charge on any atom is -0.508 e. The third-order valence-corrected chi connectivity index (χ3v) is 11.9. The second-order valence-electron chi connectivity index (χ2n) is 13.1. The molecule has 2 aliphatic carbocycles. The lowest BCUT2D eigenvalue weighted by Gasteiger charge is -2.50. The first-order valence-corrected chi connectivity index (χ1v) is 18.0. The number of phenolic OH excluding ortho intramolecular Hbond substituents is 1. The van der Waals surface area contributed by atoms with Gasteiger partial charge in [-0.05, 0) is 103 Å². The first-order valence-electron chi connectivity index (χ1n) is 16.0. The summed E-state index contributed by atoms with van der Waals surface area (Å²) >= 11 is 13.3. The Morgan fingerprint density at radius 2 is 1.50 bits per heavy atom. The van der Waals surface area contributed by atoms with E-state index in [1.807, 2.05) is 6.08 Å². The highest BCUT2D eigenvalue weighted by Crippen LogP contribution is 2.65. The number of anilines is 2. The van der Waals surface area contributed by atoms with Crippen molar-refractivity contribution in [3.05, 3.63) is 134 Å². The fourth-order valence-corrected chi connectivity index (χ4v) is 9.37. The summed E-state index contributed by atoms with van der Waals surface area (Å²) in [7, 11) is 0. The predicted octanol–water partition coefficient (Wildman–Crippen LogP) is 7.90. The first kappa shape index (κ1) is 32.9. The molecule has 6 atom stereocenters. The Labute approximate surface area is 308 Å². The molecule has 2 N–H and O–H groups in total. The van der Waals surface area contributed by atoms with Crippen LogP contribution in [0.4, 0.5) is 15.8 Å². The average Bonchev–Trinajstić information content (AvgIpc) is 3.48. The molecule has 2 heterocycles. The molecule has 50 heavy (non-hydrogen) atoms. The van der Waals surface area contributed by atoms with Crippen LogP contribution in [0, 0.1) is 29.5 Å². The third kappa shape index (κ3) is 4.88. The molecule has 0 spiro atoms. The molecule has 2 aliphatic heterocycles. The number of imide groups is 2. The van der Waals surface area contributed by atoms with Crippen molar-refractivity contribution in [1.82, 2.24) is 5.01 Å². The quantitative estimate of drug-likeness (QED) is 0.157. The van der Waals surface area contributed by atoms with Gasteiger partial charge < -0.3 is 5.11 Å². The van der Waals surface area contributed by atoms with Crippen LogP contribution in [0.5, 0.6) is 5.75 Å². The van der Waals surface area contributed by atoms with Gasteiger partial charge in [0.2, 0.25) is 11.8 Å². The SMILES string of the molecule is O=C1C2CC3C(=CCC4C(=O)N(c5ccc(Br)cc5)C(=O)C43)C(c3cc(Br)ccc3O)C2(c2ccc(Cl)cc2)C(=O)N1Nc1ccc(F)cc1. The maximum atomic E-state index is 15.2. The molecule has 4 aromatic rings. The van der Waals surface area contributed by atoms with Crippen molar-refractivity contribution in [2.75, 3.05) is 10.3 Å². The zero-order chi connectivity index (χ0) is 35.1. The molecule has 8 rings (SSSR count). The number of hydrogen-bond acceptors (Lipinski definition) is 6. The van der Waals surface area contributed by atoms with Gasteiger partial charge in [0.25, 0.3) is 11.8 Å². The number of aromatic hydroxyl groups is 1. The summed E-state index contributed by atoms with van der Waals surface area (Å²) in [6.45, 7) is 0. The minimum absolute atomic E-state index is 0.0836. The number of phenols is 1. The number of benzene rings is 4. The molecular formula is C38H27Br2ClFN3O5. The van der Waals surface area contributed by atoms with Crippen LogP contribution in [-0.2, 0) is 24.6 Å². The second-order valence-corrected chi connectivity index (χ2v) is 15.3. The molecule has 0 radical (unpaired) electrons. The standard InChI is InChI=1S/C38H27Br2ClFN3O5/c39-20-3-12-25(13-4-20)44-34(47)27-15-14-26-28(32(27)36(44)49)18-30-35(48)45(43-24-10-8-23(42)9-11-24)37(50)38(30,19-1-6-22(41)7-2-19)33(26)29-17-21(40)5-16-31(29)46/h1-14,16-17,27-28,30,32-33,43,46H,15,18H2. The molecule has 6 unspecified atom stereocenters. The van der Waals surface area contributed by atoms with Gasteiger partial charge in [-0.3, -0.25) is 29.5 Å². The molecule has 4 aliphatic rings. The van der Waals surface area contributed by atoms with Crippen LogP contribution < -0.4 is 10.3 Å². The predicted molar refractivity (Wildman–Crippen MR) is 191 cm³/mol. The van der Waals surface area contributed by atoms with E-state index in [4.69, 9.17) is 11.6 Å². The monoisotopic (exact) mass is 817 g/mol. The van der Waals surface area contributed by atoms with Gasteiger partial charge in [-0.2, -0.15) is 5.01 Å². The van der Waals surface area contributed by atoms with Crippen molar-refractivity contribution in [3.8, 4) is 5.75 Å². The smallest absolute Gasteiger partial charge is 0.260 e. The van der Waals surface area contributed by atoms with Crippen LogP contribution in [0.1, 0.15) is 29.9 Å². The van der Waals surface area contributed by atoms with Crippen LogP contribution in [-0.4, -0.2) is 33.7 Å². The molecule has 8 nitrogen and oxygen atoms in total. The van der Waals surface area contributed by atoms with Crippen molar-refractivity contribution in [2.24, 2.45) is 23.7 Å². The molecule has 0 bridgehead atoms. The molecule has 252 valence electrons. The Kier molecular flexibility index (Phi) is 8.00. The molecule has 2 saturated heterocycles. The lowest BCUT2D eigenvalue weighted by atomic mass is 9.49. The van der Waals surface area contributed by atoms with Gasteiger partial charge in [-0.25, -0.2) is 4.39 Å². The number of nitrogens with one attached hydrogen (secondary N) is 1. The van der Waals surface area contributed by atoms with Gasteiger partial charge in [-0.1, -0.05) is 67.2 Å². The number of hydrogen-bond donors (Lipinski definition) is 2. The van der Waals surface area contributed by atoms with Gasteiger partial charge in [0.1, 0.15) is 11.6 Å². The number of fused-ring (bicyclic) bond motifs is 4. The highest BCUT2D eigenvalue weighted by Gasteiger charge is 2.70. The third-order valence-electron chi connectivity index (χ3n) is 10.6. The van der Waals surface area contributed by atoms with E-state index in [9.17, 15) is 23.9 Å². The number of nitrogens with zero attached hydrogens (tertiary/aromatic N) is 2. The second kappa shape index (κ2) is 12.2. The summed E-state index contributed by atoms with van der Waals surface area (Å²) < 4.78 is 15.3. The van der Waals surface area contributed by atoms with Gasteiger partial charge in [0, 0.05) is 25.4 Å². The normalized spacial score (nSPS) is 27.2. The van der Waals surface area contributed by atoms with Gasteiger partial charge >= 0.3 is 0 Å². The molecule has 4 amide bonds. The maximum absolute atomic E-state index is 15.2. The van der Waals surface area contributed by atoms with E-state index < -0.39 is 52.6 Å². The van der Waals surface area contributed by atoms with Crippen molar-refractivity contribution in [3.63, 3.8) is 0 Å². The highest BCUT2D eigenvalue weighted by atomic mass is 79.9. The Morgan fingerprint density at radius 3 is 2.20 bits per heavy atom. The molecule has 4 aromatic carbocycles. The topological polar surface area (TPSA) is 107 Å². The van der Waals surface area contributed by atoms with Crippen molar-refractivity contribution < 1.29 is 28.7 Å². The maximum Gasteiger partial charge on any atom is 0.260 e. The van der Waals surface area contributed by atoms with Gasteiger partial charge in [0.05, 0.1) is 34.5 Å². The van der Waals surface area contributed by atoms with Gasteiger partial charge in [-0.15, -0.1) is 0 Å². The van der Waals surface area contributed by atoms with E-state index in [1.54, 1.807) is 60.7 Å². The molecule has 3 fully saturated rings. The van der Waals surface area contributed by atoms with E-state index in [-0.39, 0.29) is 30.4 Å². The fraction of sp³-hybridized carbons (Fsp3) is 0.211. The zero-order valence-electron chi connectivity index (χ0n) is 26.0. The summed E-state index contributed by atoms with van der Waals surface area (Å²) in [5.41, 5.74) is 3.69. The summed E-state index contributed by atoms with van der Waals surface area (Å²) in [6, 6.07) is 23.9. The van der Waals surface area contributed by atoms with Crippen LogP contribution in [0.2, 0.25) is 5.02 Å². The van der Waals surface area contributed by atoms with E-state index in [0.717, 1.165) is 9.48 Å². The Hall–Kier alpha value is -4.32. The largest absolute Gasteiger partial charge is 0.508 e. The van der Waals surface area contributed by atoms with Gasteiger partial charge in [0.15, 0.2) is 0 Å². The highest BCUT2D eigenvalue weighted by molar-refractivity contribution is 9.10. The van der Waals surface area contributed by atoms with Crippen molar-refractivity contribution in [1.29, 1.82) is 0 Å². The van der Waals surface area contributed by atoms with E-state index in [2.05, 4.69) is 37.3 Å². The Balaban J connectivity index is 1.33. The zero-order valence-corrected chi connectivity index (χ0v) is 30.0. The number of carbonyl (C=O) groups excluding carboxylic acids is 4. The summed E-state index contributed by atoms with van der Waals surface area (Å²) in [5, 5.41) is 12.9.